The fourth-order valence-electron chi connectivity index (χ4n) is 1.53. The highest BCUT2D eigenvalue weighted by Gasteiger charge is 2.14. The van der Waals surface area contributed by atoms with Crippen LogP contribution in [0.3, 0.4) is 0 Å². The summed E-state index contributed by atoms with van der Waals surface area (Å²) in [4.78, 5) is 4.26. The maximum absolute atomic E-state index is 12.0. The van der Waals surface area contributed by atoms with Crippen molar-refractivity contribution in [3.05, 3.63) is 46.4 Å². The molecule has 1 unspecified atom stereocenters. The third kappa shape index (κ3) is 3.60. The largest absolute Gasteiger partial charge is 0.324 e. The van der Waals surface area contributed by atoms with Gasteiger partial charge >= 0.3 is 0 Å². The van der Waals surface area contributed by atoms with E-state index < -0.39 is 10.0 Å². The monoisotopic (exact) mass is 297 g/mol. The Morgan fingerprint density at radius 3 is 2.58 bits per heavy atom. The van der Waals surface area contributed by atoms with Crippen LogP contribution in [0.4, 0.5) is 0 Å². The first-order chi connectivity index (χ1) is 8.99. The summed E-state index contributed by atoms with van der Waals surface area (Å²) in [5.74, 6) is 0. The molecule has 3 N–H and O–H groups in total. The van der Waals surface area contributed by atoms with Crippen LogP contribution < -0.4 is 10.5 Å². The van der Waals surface area contributed by atoms with Crippen molar-refractivity contribution < 1.29 is 8.42 Å². The Labute approximate surface area is 116 Å². The predicted octanol–water partition coefficient (Wildman–Crippen LogP) is 1.64. The molecule has 0 bridgehead atoms. The third-order valence-corrected chi connectivity index (χ3v) is 4.81. The molecule has 19 heavy (non-hydrogen) atoms. The first-order valence-corrected chi connectivity index (χ1v) is 8.09. The quantitative estimate of drug-likeness (QED) is 0.878. The zero-order chi connectivity index (χ0) is 13.9. The van der Waals surface area contributed by atoms with Crippen LogP contribution in [0.15, 0.2) is 40.7 Å². The van der Waals surface area contributed by atoms with Crippen LogP contribution >= 0.6 is 11.3 Å². The van der Waals surface area contributed by atoms with Gasteiger partial charge in [0.2, 0.25) is 10.0 Å². The highest BCUT2D eigenvalue weighted by atomic mass is 32.2. The minimum atomic E-state index is -3.50. The number of aromatic nitrogens is 1. The smallest absolute Gasteiger partial charge is 0.240 e. The van der Waals surface area contributed by atoms with E-state index in [4.69, 9.17) is 5.73 Å². The predicted molar refractivity (Wildman–Crippen MR) is 75.2 cm³/mol. The van der Waals surface area contributed by atoms with Gasteiger partial charge in [-0.15, -0.1) is 11.3 Å². The summed E-state index contributed by atoms with van der Waals surface area (Å²) in [7, 11) is -3.50. The maximum Gasteiger partial charge on any atom is 0.240 e. The highest BCUT2D eigenvalue weighted by molar-refractivity contribution is 7.89. The van der Waals surface area contributed by atoms with E-state index in [2.05, 4.69) is 9.71 Å². The lowest BCUT2D eigenvalue weighted by Crippen LogP contribution is -2.23. The fraction of sp³-hybridized carbons (Fsp3) is 0.250. The third-order valence-electron chi connectivity index (χ3n) is 2.61. The number of nitrogens with two attached hydrogens (primary N) is 1. The van der Waals surface area contributed by atoms with Gasteiger partial charge in [-0.05, 0) is 24.6 Å². The number of nitrogens with zero attached hydrogens (tertiary/aromatic N) is 1. The summed E-state index contributed by atoms with van der Waals surface area (Å²) >= 11 is 1.41. The number of thiazole rings is 1. The van der Waals surface area contributed by atoms with Crippen LogP contribution in [-0.4, -0.2) is 13.4 Å². The molecule has 5 nitrogen and oxygen atoms in total. The second kappa shape index (κ2) is 5.79. The second-order valence-corrected chi connectivity index (χ2v) is 6.85. The molecule has 2 aromatic rings. The van der Waals surface area contributed by atoms with E-state index in [0.29, 0.717) is 0 Å². The van der Waals surface area contributed by atoms with E-state index in [1.807, 2.05) is 6.92 Å². The van der Waals surface area contributed by atoms with Gasteiger partial charge < -0.3 is 5.73 Å². The van der Waals surface area contributed by atoms with Gasteiger partial charge in [-0.3, -0.25) is 0 Å². The number of hydrogen-bond acceptors (Lipinski definition) is 5. The zero-order valence-electron chi connectivity index (χ0n) is 10.4. The summed E-state index contributed by atoms with van der Waals surface area (Å²) in [5, 5.41) is 2.54. The molecule has 0 aliphatic rings. The molecule has 1 aromatic heterocycles. The lowest BCUT2D eigenvalue weighted by atomic mass is 10.1. The Hall–Kier alpha value is -1.28. The van der Waals surface area contributed by atoms with Crippen molar-refractivity contribution >= 4 is 21.4 Å². The molecule has 2 rings (SSSR count). The van der Waals surface area contributed by atoms with Crippen molar-refractivity contribution in [3.8, 4) is 0 Å². The Balaban J connectivity index is 2.10. The molecule has 7 heteroatoms. The molecule has 102 valence electrons. The van der Waals surface area contributed by atoms with Crippen LogP contribution in [0.25, 0.3) is 0 Å². The van der Waals surface area contributed by atoms with Gasteiger partial charge in [-0.25, -0.2) is 18.1 Å². The lowest BCUT2D eigenvalue weighted by molar-refractivity contribution is 0.581. The van der Waals surface area contributed by atoms with Crippen molar-refractivity contribution in [2.24, 2.45) is 5.73 Å². The van der Waals surface area contributed by atoms with Gasteiger partial charge in [0.1, 0.15) is 5.01 Å². The number of sulfonamides is 1. The maximum atomic E-state index is 12.0. The number of rotatable bonds is 5. The lowest BCUT2D eigenvalue weighted by Gasteiger charge is -2.08. The molecule has 0 aliphatic heterocycles. The molecule has 0 fully saturated rings. The summed E-state index contributed by atoms with van der Waals surface area (Å²) in [5.41, 5.74) is 6.63. The van der Waals surface area contributed by atoms with E-state index in [1.54, 1.807) is 35.8 Å². The van der Waals surface area contributed by atoms with Crippen LogP contribution in [0, 0.1) is 0 Å². The molecule has 0 saturated carbocycles. The summed E-state index contributed by atoms with van der Waals surface area (Å²) in [6.07, 6.45) is 1.64. The molecular formula is C12H15N3O2S2. The summed E-state index contributed by atoms with van der Waals surface area (Å²) in [6, 6.07) is 6.46. The van der Waals surface area contributed by atoms with E-state index in [0.717, 1.165) is 10.6 Å². The second-order valence-electron chi connectivity index (χ2n) is 4.11. The van der Waals surface area contributed by atoms with Crippen LogP contribution in [0.5, 0.6) is 0 Å². The molecule has 1 aromatic carbocycles. The normalized spacial score (nSPS) is 13.4. The van der Waals surface area contributed by atoms with E-state index >= 15 is 0 Å². The average Bonchev–Trinajstić information content (AvgIpc) is 2.90. The topological polar surface area (TPSA) is 85.1 Å². The van der Waals surface area contributed by atoms with Gasteiger partial charge in [-0.2, -0.15) is 0 Å². The molecule has 1 heterocycles. The van der Waals surface area contributed by atoms with Crippen molar-refractivity contribution in [2.45, 2.75) is 24.4 Å². The SMILES string of the molecule is CC(N)c1ccc(S(=O)(=O)NCc2nccs2)cc1. The molecule has 0 aliphatic carbocycles. The van der Waals surface area contributed by atoms with Crippen LogP contribution in [0.1, 0.15) is 23.5 Å². The van der Waals surface area contributed by atoms with Gasteiger partial charge in [0.05, 0.1) is 11.4 Å². The summed E-state index contributed by atoms with van der Waals surface area (Å²) in [6.45, 7) is 2.05. The first-order valence-electron chi connectivity index (χ1n) is 5.72. The van der Waals surface area contributed by atoms with Gasteiger partial charge in [0, 0.05) is 17.6 Å². The van der Waals surface area contributed by atoms with Crippen LogP contribution in [-0.2, 0) is 16.6 Å². The molecular weight excluding hydrogens is 282 g/mol. The molecule has 0 spiro atoms. The highest BCUT2D eigenvalue weighted by Crippen LogP contribution is 2.15. The van der Waals surface area contributed by atoms with Gasteiger partial charge in [0.25, 0.3) is 0 Å². The standard InChI is InChI=1S/C12H15N3O2S2/c1-9(13)10-2-4-11(5-3-10)19(16,17)15-8-12-14-6-7-18-12/h2-7,9,15H,8,13H2,1H3. The Kier molecular flexibility index (Phi) is 4.31. The number of nitrogens with one attached hydrogen (secondary N) is 1. The molecule has 1 atom stereocenters. The molecule has 0 saturated heterocycles. The Bertz CT molecular complexity index is 620. The van der Waals surface area contributed by atoms with Crippen molar-refractivity contribution in [1.29, 1.82) is 0 Å². The van der Waals surface area contributed by atoms with Gasteiger partial charge in [0.15, 0.2) is 0 Å². The average molecular weight is 297 g/mol. The van der Waals surface area contributed by atoms with Crippen molar-refractivity contribution in [1.82, 2.24) is 9.71 Å². The molecule has 0 amide bonds. The van der Waals surface area contributed by atoms with Crippen molar-refractivity contribution in [3.63, 3.8) is 0 Å². The fourth-order valence-corrected chi connectivity index (χ4v) is 3.17. The molecule has 0 radical (unpaired) electrons. The zero-order valence-corrected chi connectivity index (χ0v) is 12.0. The number of benzene rings is 1. The minimum absolute atomic E-state index is 0.111. The Morgan fingerprint density at radius 2 is 2.05 bits per heavy atom. The minimum Gasteiger partial charge on any atom is -0.324 e. The number of hydrogen-bond donors (Lipinski definition) is 2. The van der Waals surface area contributed by atoms with E-state index in [-0.39, 0.29) is 17.5 Å². The van der Waals surface area contributed by atoms with E-state index in [9.17, 15) is 8.42 Å². The Morgan fingerprint density at radius 1 is 1.37 bits per heavy atom. The van der Waals surface area contributed by atoms with E-state index in [1.165, 1.54) is 11.3 Å². The summed E-state index contributed by atoms with van der Waals surface area (Å²) < 4.78 is 26.6. The van der Waals surface area contributed by atoms with Gasteiger partial charge in [-0.1, -0.05) is 12.1 Å². The van der Waals surface area contributed by atoms with Crippen LogP contribution in [0.2, 0.25) is 0 Å². The first kappa shape index (κ1) is 14.1. The van der Waals surface area contributed by atoms with Crippen molar-refractivity contribution in [2.75, 3.05) is 0 Å².